The van der Waals surface area contributed by atoms with E-state index in [4.69, 9.17) is 4.74 Å². The molecule has 0 spiro atoms. The smallest absolute Gasteiger partial charge is 0.258 e. The molecule has 0 radical (unpaired) electrons. The van der Waals surface area contributed by atoms with Crippen LogP contribution in [0.3, 0.4) is 0 Å². The quantitative estimate of drug-likeness (QED) is 0.608. The van der Waals surface area contributed by atoms with E-state index < -0.39 is 0 Å². The highest BCUT2D eigenvalue weighted by Crippen LogP contribution is 2.22. The van der Waals surface area contributed by atoms with Gasteiger partial charge in [0.1, 0.15) is 10.8 Å². The van der Waals surface area contributed by atoms with Crippen LogP contribution in [0.4, 0.5) is 5.13 Å². The molecule has 1 aromatic heterocycles. The summed E-state index contributed by atoms with van der Waals surface area (Å²) < 4.78 is 6.58. The largest absolute Gasteiger partial charge is 0.493 e. The molecule has 1 amide bonds. The number of hydrogen-bond acceptors (Lipinski definition) is 5. The predicted molar refractivity (Wildman–Crippen MR) is 107 cm³/mol. The van der Waals surface area contributed by atoms with Crippen molar-refractivity contribution in [2.45, 2.75) is 20.3 Å². The van der Waals surface area contributed by atoms with Gasteiger partial charge in [0, 0.05) is 10.9 Å². The second-order valence-corrected chi connectivity index (χ2v) is 7.65. The van der Waals surface area contributed by atoms with Gasteiger partial charge in [0.05, 0.1) is 12.2 Å². The van der Waals surface area contributed by atoms with Crippen LogP contribution in [-0.2, 0) is 6.42 Å². The Kier molecular flexibility index (Phi) is 6.00. The second-order valence-electron chi connectivity index (χ2n) is 5.73. The van der Waals surface area contributed by atoms with Crippen LogP contribution in [0.15, 0.2) is 46.9 Å². The van der Waals surface area contributed by atoms with Crippen LogP contribution in [0.2, 0.25) is 0 Å². The van der Waals surface area contributed by atoms with E-state index in [0.717, 1.165) is 20.8 Å². The van der Waals surface area contributed by atoms with Gasteiger partial charge in [-0.25, -0.2) is 0 Å². The first-order valence-electron chi connectivity index (χ1n) is 8.12. The van der Waals surface area contributed by atoms with E-state index >= 15 is 0 Å². The summed E-state index contributed by atoms with van der Waals surface area (Å²) in [5.74, 6) is 0.670. The fourth-order valence-electron chi connectivity index (χ4n) is 2.34. The minimum Gasteiger partial charge on any atom is -0.493 e. The average molecular weight is 432 g/mol. The van der Waals surface area contributed by atoms with Crippen molar-refractivity contribution in [3.05, 3.63) is 68.6 Å². The van der Waals surface area contributed by atoms with Gasteiger partial charge in [-0.15, -0.1) is 10.2 Å². The van der Waals surface area contributed by atoms with Crippen LogP contribution in [0.1, 0.15) is 26.5 Å². The van der Waals surface area contributed by atoms with E-state index in [-0.39, 0.29) is 5.91 Å². The van der Waals surface area contributed by atoms with Crippen molar-refractivity contribution in [2.75, 3.05) is 11.9 Å². The van der Waals surface area contributed by atoms with Crippen molar-refractivity contribution < 1.29 is 9.53 Å². The molecule has 0 fully saturated rings. The summed E-state index contributed by atoms with van der Waals surface area (Å²) in [6.45, 7) is 4.62. The standard InChI is InChI=1S/C19H18BrN3O2S/c1-12-6-5-9-16(13(12)2)25-11-10-17-22-23-19(26-17)21-18(24)14-7-3-4-8-15(14)20/h3-9H,10-11H2,1-2H3,(H,21,23,24). The number of aryl methyl sites for hydroxylation is 1. The highest BCUT2D eigenvalue weighted by Gasteiger charge is 2.12. The third-order valence-electron chi connectivity index (χ3n) is 3.93. The number of nitrogens with one attached hydrogen (secondary N) is 1. The molecule has 0 saturated heterocycles. The number of rotatable bonds is 6. The van der Waals surface area contributed by atoms with E-state index in [9.17, 15) is 4.79 Å². The molecule has 7 heteroatoms. The molecule has 0 bridgehead atoms. The van der Waals surface area contributed by atoms with Gasteiger partial charge in [-0.05, 0) is 59.1 Å². The van der Waals surface area contributed by atoms with Gasteiger partial charge in [-0.1, -0.05) is 35.6 Å². The summed E-state index contributed by atoms with van der Waals surface area (Å²) in [6.07, 6.45) is 0.635. The predicted octanol–water partition coefficient (Wildman–Crippen LogP) is 4.79. The molecule has 0 aliphatic heterocycles. The molecule has 3 aromatic rings. The maximum absolute atomic E-state index is 12.3. The SMILES string of the molecule is Cc1cccc(OCCc2nnc(NC(=O)c3ccccc3Br)s2)c1C. The number of nitrogens with zero attached hydrogens (tertiary/aromatic N) is 2. The number of anilines is 1. The topological polar surface area (TPSA) is 64.1 Å². The summed E-state index contributed by atoms with van der Waals surface area (Å²) in [5.41, 5.74) is 2.91. The van der Waals surface area contributed by atoms with Crippen LogP contribution in [0.5, 0.6) is 5.75 Å². The molecule has 3 rings (SSSR count). The number of benzene rings is 2. The molecule has 0 unspecified atom stereocenters. The molecule has 1 N–H and O–H groups in total. The van der Waals surface area contributed by atoms with Gasteiger partial charge in [0.15, 0.2) is 0 Å². The number of carbonyl (C=O) groups is 1. The van der Waals surface area contributed by atoms with Gasteiger partial charge in [0.25, 0.3) is 5.91 Å². The lowest BCUT2D eigenvalue weighted by molar-refractivity contribution is 0.102. The van der Waals surface area contributed by atoms with Crippen LogP contribution in [0.25, 0.3) is 0 Å². The summed E-state index contributed by atoms with van der Waals surface area (Å²) in [7, 11) is 0. The number of carbonyl (C=O) groups excluding carboxylic acids is 1. The van der Waals surface area contributed by atoms with E-state index in [1.165, 1.54) is 16.9 Å². The van der Waals surface area contributed by atoms with E-state index in [0.29, 0.717) is 23.7 Å². The zero-order valence-electron chi connectivity index (χ0n) is 14.5. The zero-order chi connectivity index (χ0) is 18.5. The molecule has 0 aliphatic carbocycles. The maximum Gasteiger partial charge on any atom is 0.258 e. The highest BCUT2D eigenvalue weighted by molar-refractivity contribution is 9.10. The fraction of sp³-hybridized carbons (Fsp3) is 0.211. The highest BCUT2D eigenvalue weighted by atomic mass is 79.9. The van der Waals surface area contributed by atoms with E-state index in [1.54, 1.807) is 6.07 Å². The number of halogens is 1. The Morgan fingerprint density at radius 1 is 1.15 bits per heavy atom. The van der Waals surface area contributed by atoms with Crippen LogP contribution in [-0.4, -0.2) is 22.7 Å². The fourth-order valence-corrected chi connectivity index (χ4v) is 3.52. The monoisotopic (exact) mass is 431 g/mol. The molecule has 134 valence electrons. The van der Waals surface area contributed by atoms with Crippen molar-refractivity contribution >= 4 is 38.3 Å². The summed E-state index contributed by atoms with van der Waals surface area (Å²) in [6, 6.07) is 13.3. The Bertz CT molecular complexity index is 927. The Balaban J connectivity index is 1.56. The van der Waals surface area contributed by atoms with Crippen LogP contribution < -0.4 is 10.1 Å². The van der Waals surface area contributed by atoms with E-state index in [1.807, 2.05) is 37.3 Å². The van der Waals surface area contributed by atoms with Gasteiger partial charge < -0.3 is 4.74 Å². The molecule has 1 heterocycles. The molecule has 2 aromatic carbocycles. The molecular weight excluding hydrogens is 414 g/mol. The lowest BCUT2D eigenvalue weighted by atomic mass is 10.1. The lowest BCUT2D eigenvalue weighted by Gasteiger charge is -2.09. The molecule has 5 nitrogen and oxygen atoms in total. The van der Waals surface area contributed by atoms with Gasteiger partial charge in [0.2, 0.25) is 5.13 Å². The van der Waals surface area contributed by atoms with Gasteiger partial charge >= 0.3 is 0 Å². The number of aromatic nitrogens is 2. The van der Waals surface area contributed by atoms with E-state index in [2.05, 4.69) is 44.4 Å². The first-order valence-corrected chi connectivity index (χ1v) is 9.73. The van der Waals surface area contributed by atoms with Gasteiger partial charge in [-0.3, -0.25) is 10.1 Å². The Morgan fingerprint density at radius 3 is 2.77 bits per heavy atom. The minimum atomic E-state index is -0.216. The van der Waals surface area contributed by atoms with Crippen molar-refractivity contribution in [2.24, 2.45) is 0 Å². The number of hydrogen-bond donors (Lipinski definition) is 1. The Morgan fingerprint density at radius 2 is 1.96 bits per heavy atom. The molecular formula is C19H18BrN3O2S. The minimum absolute atomic E-state index is 0.216. The first-order chi connectivity index (χ1) is 12.5. The third kappa shape index (κ3) is 4.47. The van der Waals surface area contributed by atoms with Crippen molar-refractivity contribution in [3.63, 3.8) is 0 Å². The Labute approximate surface area is 164 Å². The average Bonchev–Trinajstić information content (AvgIpc) is 3.06. The summed E-state index contributed by atoms with van der Waals surface area (Å²) >= 11 is 4.73. The normalized spacial score (nSPS) is 10.6. The lowest BCUT2D eigenvalue weighted by Crippen LogP contribution is -2.12. The maximum atomic E-state index is 12.3. The van der Waals surface area contributed by atoms with Crippen LogP contribution in [0, 0.1) is 13.8 Å². The molecule has 0 saturated carbocycles. The molecule has 0 aliphatic rings. The third-order valence-corrected chi connectivity index (χ3v) is 5.52. The number of ether oxygens (including phenoxy) is 1. The number of amides is 1. The van der Waals surface area contributed by atoms with Crippen molar-refractivity contribution in [3.8, 4) is 5.75 Å². The van der Waals surface area contributed by atoms with Gasteiger partial charge in [-0.2, -0.15) is 0 Å². The second kappa shape index (κ2) is 8.42. The van der Waals surface area contributed by atoms with Crippen LogP contribution >= 0.6 is 27.3 Å². The first kappa shape index (κ1) is 18.5. The zero-order valence-corrected chi connectivity index (χ0v) is 16.9. The van der Waals surface area contributed by atoms with Crippen molar-refractivity contribution in [1.29, 1.82) is 0 Å². The summed E-state index contributed by atoms with van der Waals surface area (Å²) in [5, 5.41) is 12.2. The molecule has 26 heavy (non-hydrogen) atoms. The molecule has 0 atom stereocenters. The summed E-state index contributed by atoms with van der Waals surface area (Å²) in [4.78, 5) is 12.3. The Hall–Kier alpha value is -2.25. The van der Waals surface area contributed by atoms with Crippen molar-refractivity contribution in [1.82, 2.24) is 10.2 Å².